The van der Waals surface area contributed by atoms with E-state index in [1.807, 2.05) is 0 Å². The maximum Gasteiger partial charge on any atom is 0.500 e. The summed E-state index contributed by atoms with van der Waals surface area (Å²) < 4.78 is 32.1. The lowest BCUT2D eigenvalue weighted by atomic mass is 10.4. The van der Waals surface area contributed by atoms with Crippen molar-refractivity contribution in [2.24, 2.45) is 11.5 Å². The summed E-state index contributed by atoms with van der Waals surface area (Å²) in [5, 5.41) is 2.19. The standard InChI is InChI=1S/C14H34N4O8Si2/c1-21-27(22-2,23-3)11-7-9-17(13(15)19)18(14(16)20)10-8-12-28(24-4,25-5)26-6/h7-12H2,1-6H3,(H2,15,19)(H2,16,20). The van der Waals surface area contributed by atoms with Gasteiger partial charge in [-0.25, -0.2) is 19.6 Å². The molecule has 0 aromatic heterocycles. The molecule has 0 aliphatic rings. The number of carbonyl (C=O) groups is 2. The van der Waals surface area contributed by atoms with Crippen LogP contribution in [0.3, 0.4) is 0 Å². The van der Waals surface area contributed by atoms with Gasteiger partial charge in [0.15, 0.2) is 0 Å². The van der Waals surface area contributed by atoms with Crippen LogP contribution in [-0.4, -0.2) is 95.4 Å². The van der Waals surface area contributed by atoms with E-state index in [4.69, 9.17) is 38.0 Å². The number of hydrazine groups is 1. The SMILES string of the molecule is CO[Si](CCCN(C(N)=O)N(CCC[Si](OC)(OC)OC)C(N)=O)(OC)OC. The van der Waals surface area contributed by atoms with Gasteiger partial charge in [-0.15, -0.1) is 0 Å². The zero-order chi connectivity index (χ0) is 21.8. The van der Waals surface area contributed by atoms with Crippen molar-refractivity contribution in [2.45, 2.75) is 24.9 Å². The number of primary amides is 2. The van der Waals surface area contributed by atoms with Crippen LogP contribution in [0, 0.1) is 0 Å². The normalized spacial score (nSPS) is 12.1. The summed E-state index contributed by atoms with van der Waals surface area (Å²) in [7, 11) is 3.38. The highest BCUT2D eigenvalue weighted by atomic mass is 28.4. The predicted molar refractivity (Wildman–Crippen MR) is 105 cm³/mol. The molecule has 0 heterocycles. The average molecular weight is 443 g/mol. The zero-order valence-corrected chi connectivity index (χ0v) is 19.6. The molecule has 28 heavy (non-hydrogen) atoms. The second-order valence-corrected chi connectivity index (χ2v) is 11.9. The van der Waals surface area contributed by atoms with Crippen LogP contribution in [0.2, 0.25) is 12.1 Å². The molecule has 0 fully saturated rings. The number of hydrogen-bond donors (Lipinski definition) is 2. The van der Waals surface area contributed by atoms with Gasteiger partial charge < -0.3 is 38.0 Å². The van der Waals surface area contributed by atoms with Gasteiger partial charge in [-0.1, -0.05) is 0 Å². The van der Waals surface area contributed by atoms with Crippen molar-refractivity contribution in [1.82, 2.24) is 10.0 Å². The van der Waals surface area contributed by atoms with Crippen LogP contribution in [0.5, 0.6) is 0 Å². The lowest BCUT2D eigenvalue weighted by molar-refractivity contribution is 0.0506. The minimum atomic E-state index is -2.80. The van der Waals surface area contributed by atoms with E-state index < -0.39 is 29.7 Å². The van der Waals surface area contributed by atoms with Gasteiger partial charge in [-0.05, 0) is 12.8 Å². The van der Waals surface area contributed by atoms with Gasteiger partial charge in [-0.2, -0.15) is 0 Å². The molecule has 4 N–H and O–H groups in total. The number of urea groups is 2. The molecule has 12 nitrogen and oxygen atoms in total. The van der Waals surface area contributed by atoms with Gasteiger partial charge >= 0.3 is 29.7 Å². The van der Waals surface area contributed by atoms with E-state index in [9.17, 15) is 9.59 Å². The van der Waals surface area contributed by atoms with Crippen LogP contribution >= 0.6 is 0 Å². The van der Waals surface area contributed by atoms with Crippen LogP contribution in [0.4, 0.5) is 9.59 Å². The van der Waals surface area contributed by atoms with Crippen molar-refractivity contribution in [3.63, 3.8) is 0 Å². The van der Waals surface area contributed by atoms with Gasteiger partial charge in [0.2, 0.25) is 0 Å². The fourth-order valence-electron chi connectivity index (χ4n) is 2.70. The fraction of sp³-hybridized carbons (Fsp3) is 0.857. The average Bonchev–Trinajstić information content (AvgIpc) is 2.70. The van der Waals surface area contributed by atoms with E-state index in [2.05, 4.69) is 0 Å². The van der Waals surface area contributed by atoms with Crippen molar-refractivity contribution in [1.29, 1.82) is 0 Å². The Bertz CT molecular complexity index is 422. The molecule has 0 aromatic carbocycles. The molecule has 0 rings (SSSR count). The lowest BCUT2D eigenvalue weighted by Crippen LogP contribution is -2.55. The van der Waals surface area contributed by atoms with E-state index in [0.717, 1.165) is 10.0 Å². The summed E-state index contributed by atoms with van der Waals surface area (Å²) in [5.74, 6) is 0. The number of carbonyl (C=O) groups excluding carboxylic acids is 2. The molecule has 0 aromatic rings. The summed E-state index contributed by atoms with van der Waals surface area (Å²) >= 11 is 0. The third-order valence-electron chi connectivity index (χ3n) is 4.37. The highest BCUT2D eigenvalue weighted by molar-refractivity contribution is 6.60. The summed E-state index contributed by atoms with van der Waals surface area (Å²) in [4.78, 5) is 23.8. The first-order valence-corrected chi connectivity index (χ1v) is 12.5. The number of hydrogen-bond acceptors (Lipinski definition) is 8. The Kier molecular flexibility index (Phi) is 12.5. The second-order valence-electron chi connectivity index (χ2n) is 5.72. The molecule has 0 saturated heterocycles. The molecular formula is C14H34N4O8Si2. The highest BCUT2D eigenvalue weighted by Crippen LogP contribution is 2.18. The molecule has 0 bridgehead atoms. The van der Waals surface area contributed by atoms with Gasteiger partial charge in [0.05, 0.1) is 0 Å². The summed E-state index contributed by atoms with van der Waals surface area (Å²) in [6.07, 6.45) is 0.864. The number of rotatable bonds is 14. The third-order valence-corrected chi connectivity index (χ3v) is 10.0. The minimum absolute atomic E-state index is 0.143. The third kappa shape index (κ3) is 7.63. The maximum atomic E-state index is 11.9. The number of amides is 4. The van der Waals surface area contributed by atoms with Gasteiger partial charge in [0.25, 0.3) is 0 Å². The Morgan fingerprint density at radius 3 is 1.07 bits per heavy atom. The first-order chi connectivity index (χ1) is 13.2. The maximum absolute atomic E-state index is 11.9. The van der Waals surface area contributed by atoms with Crippen LogP contribution in [0.15, 0.2) is 0 Å². The number of nitrogens with two attached hydrogens (primary N) is 2. The van der Waals surface area contributed by atoms with Crippen molar-refractivity contribution in [3.8, 4) is 0 Å². The Morgan fingerprint density at radius 2 is 0.893 bits per heavy atom. The van der Waals surface area contributed by atoms with Crippen molar-refractivity contribution in [3.05, 3.63) is 0 Å². The molecule has 4 amide bonds. The number of nitrogens with zero attached hydrogens (tertiary/aromatic N) is 2. The Hall–Kier alpha value is -1.27. The molecule has 0 aliphatic heterocycles. The van der Waals surface area contributed by atoms with E-state index >= 15 is 0 Å². The molecule has 166 valence electrons. The Balaban J connectivity index is 5.01. The first-order valence-electron chi connectivity index (χ1n) is 8.65. The van der Waals surface area contributed by atoms with Crippen molar-refractivity contribution in [2.75, 3.05) is 55.7 Å². The summed E-state index contributed by atoms with van der Waals surface area (Å²) in [6.45, 7) is 0.287. The van der Waals surface area contributed by atoms with Crippen LogP contribution in [0.25, 0.3) is 0 Å². The first kappa shape index (κ1) is 26.7. The molecule has 0 spiro atoms. The monoisotopic (exact) mass is 442 g/mol. The molecular weight excluding hydrogens is 408 g/mol. The molecule has 0 saturated carbocycles. The molecule has 0 aliphatic carbocycles. The molecule has 0 radical (unpaired) electrons. The molecule has 0 atom stereocenters. The Morgan fingerprint density at radius 1 is 0.643 bits per heavy atom. The quantitative estimate of drug-likeness (QED) is 0.286. The van der Waals surface area contributed by atoms with Crippen molar-refractivity contribution >= 4 is 29.7 Å². The lowest BCUT2D eigenvalue weighted by Gasteiger charge is -2.33. The summed E-state index contributed by atoms with van der Waals surface area (Å²) in [5.41, 5.74) is 10.9. The van der Waals surface area contributed by atoms with E-state index in [1.54, 1.807) is 0 Å². The topological polar surface area (TPSA) is 148 Å². The fourth-order valence-corrected chi connectivity index (χ4v) is 6.11. The zero-order valence-electron chi connectivity index (χ0n) is 17.6. The largest absolute Gasteiger partial charge is 0.500 e. The van der Waals surface area contributed by atoms with Gasteiger partial charge in [-0.3, -0.25) is 0 Å². The Labute approximate surface area is 168 Å². The van der Waals surface area contributed by atoms with Crippen LogP contribution in [0.1, 0.15) is 12.8 Å². The van der Waals surface area contributed by atoms with E-state index in [1.165, 1.54) is 42.7 Å². The van der Waals surface area contributed by atoms with Crippen molar-refractivity contribution < 1.29 is 36.1 Å². The molecule has 14 heteroatoms. The van der Waals surface area contributed by atoms with E-state index in [0.29, 0.717) is 24.9 Å². The highest BCUT2D eigenvalue weighted by Gasteiger charge is 2.39. The van der Waals surface area contributed by atoms with Crippen LogP contribution < -0.4 is 11.5 Å². The second kappa shape index (κ2) is 13.0. The smallest absolute Gasteiger partial charge is 0.377 e. The van der Waals surface area contributed by atoms with E-state index in [-0.39, 0.29) is 13.1 Å². The molecule has 0 unspecified atom stereocenters. The predicted octanol–water partition coefficient (Wildman–Crippen LogP) is 0.199. The van der Waals surface area contributed by atoms with Gasteiger partial charge in [0, 0.05) is 67.8 Å². The summed E-state index contributed by atoms with van der Waals surface area (Å²) in [6, 6.07) is -0.737. The van der Waals surface area contributed by atoms with Crippen LogP contribution in [-0.2, 0) is 26.6 Å². The van der Waals surface area contributed by atoms with Gasteiger partial charge in [0.1, 0.15) is 0 Å². The minimum Gasteiger partial charge on any atom is -0.377 e.